The van der Waals surface area contributed by atoms with Crippen molar-refractivity contribution in [2.24, 2.45) is 0 Å². The van der Waals surface area contributed by atoms with Gasteiger partial charge in [0.2, 0.25) is 0 Å². The third kappa shape index (κ3) is 10.4. The van der Waals surface area contributed by atoms with Crippen molar-refractivity contribution in [1.82, 2.24) is 29.9 Å². The number of aromatic nitrogens is 6. The molecule has 0 saturated heterocycles. The van der Waals surface area contributed by atoms with E-state index in [0.29, 0.717) is 11.6 Å². The largest absolute Gasteiger partial charge is 0.265 e. The summed E-state index contributed by atoms with van der Waals surface area (Å²) in [6.07, 6.45) is 7.25. The Hall–Kier alpha value is -12.9. The third-order valence-electron chi connectivity index (χ3n) is 20.5. The number of pyridine rings is 2. The molecular weight excluding hydrogens is 1210 g/mol. The van der Waals surface area contributed by atoms with Gasteiger partial charge in [-0.25, -0.2) is 19.9 Å². The average molecular weight is 1280 g/mol. The van der Waals surface area contributed by atoms with Crippen molar-refractivity contribution in [3.8, 4) is 146 Å². The predicted octanol–water partition coefficient (Wildman–Crippen LogP) is 23.1. The lowest BCUT2D eigenvalue weighted by Gasteiger charge is -2.30. The van der Waals surface area contributed by atoms with E-state index in [1.54, 1.807) is 6.20 Å². The summed E-state index contributed by atoms with van der Waals surface area (Å²) in [6, 6.07) is 117. The Morgan fingerprint density at radius 1 is 0.200 bits per heavy atom. The van der Waals surface area contributed by atoms with Gasteiger partial charge in [0, 0.05) is 63.6 Å². The topological polar surface area (TPSA) is 77.3 Å². The molecule has 0 amide bonds. The molecule has 4 aromatic heterocycles. The van der Waals surface area contributed by atoms with Gasteiger partial charge in [-0.05, 0) is 160 Å². The predicted molar refractivity (Wildman–Crippen MR) is 408 cm³/mol. The maximum atomic E-state index is 5.14. The van der Waals surface area contributed by atoms with Crippen molar-refractivity contribution in [3.05, 3.63) is 386 Å². The highest BCUT2D eigenvalue weighted by Gasteiger charge is 2.51. The van der Waals surface area contributed by atoms with E-state index in [9.17, 15) is 0 Å². The van der Waals surface area contributed by atoms with E-state index in [2.05, 4.69) is 315 Å². The Morgan fingerprint density at radius 2 is 0.510 bits per heavy atom. The first-order chi connectivity index (χ1) is 49.3. The molecule has 4 heterocycles. The van der Waals surface area contributed by atoms with Crippen molar-refractivity contribution in [2.75, 3.05) is 0 Å². The van der Waals surface area contributed by atoms with Gasteiger partial charge in [-0.2, -0.15) is 0 Å². The van der Waals surface area contributed by atoms with Crippen LogP contribution in [0.2, 0.25) is 0 Å². The van der Waals surface area contributed by atoms with Crippen LogP contribution < -0.4 is 0 Å². The fourth-order valence-corrected chi connectivity index (χ4v) is 15.5. The van der Waals surface area contributed by atoms with Gasteiger partial charge in [0.15, 0.2) is 11.6 Å². The highest BCUT2D eigenvalue weighted by atomic mass is 14.9. The molecule has 3 aliphatic rings. The summed E-state index contributed by atoms with van der Waals surface area (Å²) in [5.41, 5.74) is 34.6. The summed E-state index contributed by atoms with van der Waals surface area (Å²) < 4.78 is 0. The van der Waals surface area contributed by atoms with Gasteiger partial charge >= 0.3 is 0 Å². The minimum Gasteiger partial charge on any atom is -0.265 e. The Bertz CT molecular complexity index is 5690. The van der Waals surface area contributed by atoms with Crippen LogP contribution in [0.3, 0.4) is 0 Å². The zero-order valence-corrected chi connectivity index (χ0v) is 55.2. The Balaban J connectivity index is 0.000000147. The van der Waals surface area contributed by atoms with E-state index < -0.39 is 0 Å². The standard InChI is InChI=1S/C52H33N3.C42H31N3/c1-2-10-34(11-3-1)35-20-24-39(25-21-35)51-54-49(33-50(55-51)38-28-30-53-31-29-38)37-22-18-36(19-23-37)40-26-27-44-43-14-6-9-17-47(43)52(48(44)32-40)45-15-7-4-12-41(45)42-13-5-8-16-46(42)52;1-42(2)37-13-7-6-12-35(37)36-23-22-33(25-38(36)42)30-14-18-31(19-15-30)39-26-40(34-11-8-24-43-27-34)45-41(44-39)32-20-16-29(17-21-32)28-9-4-3-5-10-28/h1-33H;3-27H,1-2H3. The van der Waals surface area contributed by atoms with Gasteiger partial charge in [0.05, 0.1) is 28.2 Å². The average Bonchev–Trinajstić information content (AvgIpc) is 1.51. The smallest absolute Gasteiger partial charge is 0.160 e. The minimum atomic E-state index is -0.366. The molecule has 0 radical (unpaired) electrons. The molecule has 6 nitrogen and oxygen atoms in total. The molecule has 3 aliphatic carbocycles. The van der Waals surface area contributed by atoms with Crippen molar-refractivity contribution < 1.29 is 0 Å². The van der Waals surface area contributed by atoms with Gasteiger partial charge in [-0.3, -0.25) is 9.97 Å². The molecule has 19 rings (SSSR count). The second-order valence-corrected chi connectivity index (χ2v) is 26.5. The van der Waals surface area contributed by atoms with Gasteiger partial charge in [-0.15, -0.1) is 0 Å². The van der Waals surface area contributed by atoms with Crippen molar-refractivity contribution in [3.63, 3.8) is 0 Å². The van der Waals surface area contributed by atoms with Crippen LogP contribution in [0.5, 0.6) is 0 Å². The summed E-state index contributed by atoms with van der Waals surface area (Å²) in [4.78, 5) is 28.8. The maximum absolute atomic E-state index is 5.14. The zero-order chi connectivity index (χ0) is 66.7. The van der Waals surface area contributed by atoms with Crippen LogP contribution in [-0.2, 0) is 10.8 Å². The number of nitrogens with zero attached hydrogens (tertiary/aromatic N) is 6. The summed E-state index contributed by atoms with van der Waals surface area (Å²) in [6.45, 7) is 4.65. The van der Waals surface area contributed by atoms with Crippen LogP contribution in [0.15, 0.2) is 352 Å². The molecule has 0 saturated carbocycles. The molecule has 0 unspecified atom stereocenters. The lowest BCUT2D eigenvalue weighted by molar-refractivity contribution is 0.660. The first-order valence-corrected chi connectivity index (χ1v) is 34.1. The van der Waals surface area contributed by atoms with Crippen LogP contribution in [0.4, 0.5) is 0 Å². The van der Waals surface area contributed by atoms with Gasteiger partial charge in [0.25, 0.3) is 0 Å². The second-order valence-electron chi connectivity index (χ2n) is 26.5. The zero-order valence-electron chi connectivity index (χ0n) is 55.2. The monoisotopic (exact) mass is 1280 g/mol. The molecule has 100 heavy (non-hydrogen) atoms. The number of benzene rings is 12. The van der Waals surface area contributed by atoms with Crippen LogP contribution in [-0.4, -0.2) is 29.9 Å². The molecule has 0 aliphatic heterocycles. The summed E-state index contributed by atoms with van der Waals surface area (Å²) in [5, 5.41) is 0. The maximum Gasteiger partial charge on any atom is 0.160 e. The molecule has 0 fully saturated rings. The molecule has 16 aromatic rings. The minimum absolute atomic E-state index is 0.0266. The lowest BCUT2D eigenvalue weighted by atomic mass is 9.70. The Labute approximate surface area is 582 Å². The highest BCUT2D eigenvalue weighted by Crippen LogP contribution is 2.63. The molecule has 0 N–H and O–H groups in total. The van der Waals surface area contributed by atoms with E-state index in [0.717, 1.165) is 72.8 Å². The second kappa shape index (κ2) is 24.6. The summed E-state index contributed by atoms with van der Waals surface area (Å²) >= 11 is 0. The Morgan fingerprint density at radius 3 is 0.950 bits per heavy atom. The fraction of sp³-hybridized carbons (Fsp3) is 0.0426. The molecule has 1 spiro atoms. The van der Waals surface area contributed by atoms with Crippen molar-refractivity contribution in [2.45, 2.75) is 24.7 Å². The van der Waals surface area contributed by atoms with Gasteiger partial charge < -0.3 is 0 Å². The van der Waals surface area contributed by atoms with Crippen molar-refractivity contribution >= 4 is 0 Å². The van der Waals surface area contributed by atoms with Crippen LogP contribution in [0.25, 0.3) is 146 Å². The highest BCUT2D eigenvalue weighted by molar-refractivity contribution is 5.96. The van der Waals surface area contributed by atoms with Crippen LogP contribution in [0, 0.1) is 0 Å². The van der Waals surface area contributed by atoms with E-state index in [1.807, 2.05) is 55.0 Å². The molecular formula is C94H64N6. The molecule has 0 bridgehead atoms. The molecule has 470 valence electrons. The van der Waals surface area contributed by atoms with Gasteiger partial charge in [-0.1, -0.05) is 293 Å². The first kappa shape index (κ1) is 59.6. The summed E-state index contributed by atoms with van der Waals surface area (Å²) in [5.74, 6) is 1.38. The normalized spacial score (nSPS) is 12.9. The summed E-state index contributed by atoms with van der Waals surface area (Å²) in [7, 11) is 0. The van der Waals surface area contributed by atoms with E-state index in [4.69, 9.17) is 19.9 Å². The van der Waals surface area contributed by atoms with Crippen molar-refractivity contribution in [1.29, 1.82) is 0 Å². The van der Waals surface area contributed by atoms with Gasteiger partial charge in [0.1, 0.15) is 0 Å². The number of rotatable bonds is 10. The van der Waals surface area contributed by atoms with Crippen LogP contribution in [0.1, 0.15) is 47.2 Å². The fourth-order valence-electron chi connectivity index (χ4n) is 15.5. The number of hydrogen-bond acceptors (Lipinski definition) is 6. The number of hydrogen-bond donors (Lipinski definition) is 0. The molecule has 6 heteroatoms. The SMILES string of the molecule is CC1(C)c2ccccc2-c2ccc(-c3ccc(-c4cc(-c5cccnc5)nc(-c5ccc(-c6ccccc6)cc5)n4)cc3)cc21.c1ccc(-c2ccc(-c3nc(-c4ccncc4)cc(-c4ccc(-c5ccc6c(c5)C5(c7ccccc7-c7ccccc75)c5ccccc5-6)cc4)n3)cc2)cc1. The first-order valence-electron chi connectivity index (χ1n) is 34.1. The Kier molecular flexibility index (Phi) is 14.7. The van der Waals surface area contributed by atoms with E-state index in [1.165, 1.54) is 94.6 Å². The van der Waals surface area contributed by atoms with E-state index >= 15 is 0 Å². The third-order valence-corrected chi connectivity index (χ3v) is 20.5. The quantitative estimate of drug-likeness (QED) is 0.136. The lowest BCUT2D eigenvalue weighted by Crippen LogP contribution is -2.25. The number of fused-ring (bicyclic) bond motifs is 13. The molecule has 0 atom stereocenters. The van der Waals surface area contributed by atoms with E-state index in [-0.39, 0.29) is 10.8 Å². The molecule has 12 aromatic carbocycles. The van der Waals surface area contributed by atoms with Crippen LogP contribution >= 0.6 is 0 Å².